The number of anilines is 1. The van der Waals surface area contributed by atoms with Gasteiger partial charge in [0.1, 0.15) is 12.6 Å². The molecule has 3 rings (SSSR count). The minimum atomic E-state index is -3.90. The number of hydrogen-bond donors (Lipinski definition) is 1. The van der Waals surface area contributed by atoms with E-state index >= 15 is 0 Å². The minimum absolute atomic E-state index is 0.0442. The minimum Gasteiger partial charge on any atom is -0.352 e. The molecule has 0 aliphatic rings. The summed E-state index contributed by atoms with van der Waals surface area (Å²) in [4.78, 5) is 29.3. The number of amides is 2. The van der Waals surface area contributed by atoms with Crippen molar-refractivity contribution in [3.8, 4) is 0 Å². The van der Waals surface area contributed by atoms with E-state index in [9.17, 15) is 18.0 Å². The second-order valence-electron chi connectivity index (χ2n) is 9.98. The summed E-state index contributed by atoms with van der Waals surface area (Å²) in [6.45, 7) is 4.97. The normalized spacial score (nSPS) is 12.9. The summed E-state index contributed by atoms with van der Waals surface area (Å²) in [6, 6.07) is 17.9. The van der Waals surface area contributed by atoms with E-state index in [1.807, 2.05) is 44.2 Å². The molecule has 0 fully saturated rings. The molecule has 0 aliphatic heterocycles. The first-order valence-corrected chi connectivity index (χ1v) is 16.1. The summed E-state index contributed by atoms with van der Waals surface area (Å²) in [5, 5.41) is 4.18. The lowest BCUT2D eigenvalue weighted by Gasteiger charge is -2.34. The van der Waals surface area contributed by atoms with Crippen LogP contribution in [-0.4, -0.2) is 50.0 Å². The first-order chi connectivity index (χ1) is 19.3. The Morgan fingerprint density at radius 1 is 0.951 bits per heavy atom. The highest BCUT2D eigenvalue weighted by atomic mass is 35.5. The molecule has 0 aromatic heterocycles. The number of nitrogens with one attached hydrogen (secondary N) is 1. The second kappa shape index (κ2) is 14.4. The number of carbonyl (C=O) groups excluding carboxylic acids is 2. The third-order valence-electron chi connectivity index (χ3n) is 6.73. The summed E-state index contributed by atoms with van der Waals surface area (Å²) in [5.74, 6) is -0.925. The van der Waals surface area contributed by atoms with Gasteiger partial charge in [0.05, 0.1) is 11.9 Å². The van der Waals surface area contributed by atoms with Crippen LogP contribution in [0.3, 0.4) is 0 Å². The molecule has 11 heteroatoms. The summed E-state index contributed by atoms with van der Waals surface area (Å²) < 4.78 is 27.0. The Morgan fingerprint density at radius 2 is 1.59 bits per heavy atom. The predicted octanol–water partition coefficient (Wildman–Crippen LogP) is 6.28. The molecule has 1 N–H and O–H groups in total. The SMILES string of the molecule is CC[C@@H](C)NC(=O)[C@H](Cc1ccccc1)N(Cc1ccc(Cl)cc1Cl)C(=O)CN(c1ccc(Cl)cc1C)S(C)(=O)=O. The average Bonchev–Trinajstić information content (AvgIpc) is 2.90. The summed E-state index contributed by atoms with van der Waals surface area (Å²) in [5.41, 5.74) is 2.30. The maximum absolute atomic E-state index is 14.2. The van der Waals surface area contributed by atoms with Gasteiger partial charge in [-0.25, -0.2) is 8.42 Å². The molecular formula is C30H34Cl3N3O4S. The summed E-state index contributed by atoms with van der Waals surface area (Å²) >= 11 is 18.7. The van der Waals surface area contributed by atoms with Crippen molar-refractivity contribution in [1.29, 1.82) is 0 Å². The molecule has 2 atom stereocenters. The van der Waals surface area contributed by atoms with Crippen molar-refractivity contribution in [1.82, 2.24) is 10.2 Å². The van der Waals surface area contributed by atoms with Crippen LogP contribution in [0.5, 0.6) is 0 Å². The molecule has 0 saturated carbocycles. The van der Waals surface area contributed by atoms with E-state index in [2.05, 4.69) is 5.32 Å². The van der Waals surface area contributed by atoms with Crippen molar-refractivity contribution in [3.63, 3.8) is 0 Å². The molecule has 0 radical (unpaired) electrons. The molecular weight excluding hydrogens is 605 g/mol. The van der Waals surface area contributed by atoms with Gasteiger partial charge in [-0.3, -0.25) is 13.9 Å². The van der Waals surface area contributed by atoms with E-state index in [0.29, 0.717) is 38.3 Å². The lowest BCUT2D eigenvalue weighted by molar-refractivity contribution is -0.140. The smallest absolute Gasteiger partial charge is 0.244 e. The van der Waals surface area contributed by atoms with E-state index in [4.69, 9.17) is 34.8 Å². The molecule has 0 saturated heterocycles. The predicted molar refractivity (Wildman–Crippen MR) is 167 cm³/mol. The van der Waals surface area contributed by atoms with Gasteiger partial charge >= 0.3 is 0 Å². The van der Waals surface area contributed by atoms with Gasteiger partial charge < -0.3 is 10.2 Å². The molecule has 41 heavy (non-hydrogen) atoms. The highest BCUT2D eigenvalue weighted by Crippen LogP contribution is 2.28. The zero-order valence-electron chi connectivity index (χ0n) is 23.4. The van der Waals surface area contributed by atoms with Crippen LogP contribution in [0.25, 0.3) is 0 Å². The number of sulfonamides is 1. The van der Waals surface area contributed by atoms with Crippen molar-refractivity contribution in [3.05, 3.63) is 98.5 Å². The van der Waals surface area contributed by atoms with Crippen LogP contribution in [0.4, 0.5) is 5.69 Å². The van der Waals surface area contributed by atoms with Gasteiger partial charge in [0.2, 0.25) is 21.8 Å². The monoisotopic (exact) mass is 637 g/mol. The summed E-state index contributed by atoms with van der Waals surface area (Å²) in [7, 11) is -3.90. The molecule has 3 aromatic rings. The summed E-state index contributed by atoms with van der Waals surface area (Å²) in [6.07, 6.45) is 1.93. The molecule has 220 valence electrons. The Morgan fingerprint density at radius 3 is 2.17 bits per heavy atom. The van der Waals surface area contributed by atoms with Gasteiger partial charge in [-0.1, -0.05) is 78.1 Å². The van der Waals surface area contributed by atoms with Crippen LogP contribution < -0.4 is 9.62 Å². The van der Waals surface area contributed by atoms with Crippen LogP contribution in [-0.2, 0) is 32.6 Å². The maximum Gasteiger partial charge on any atom is 0.244 e. The third kappa shape index (κ3) is 9.10. The van der Waals surface area contributed by atoms with Crippen molar-refractivity contribution in [2.75, 3.05) is 17.1 Å². The van der Waals surface area contributed by atoms with E-state index in [1.165, 1.54) is 4.90 Å². The van der Waals surface area contributed by atoms with Gasteiger partial charge in [-0.05, 0) is 67.3 Å². The van der Waals surface area contributed by atoms with Crippen molar-refractivity contribution in [2.45, 2.75) is 52.2 Å². The lowest BCUT2D eigenvalue weighted by atomic mass is 10.0. The average molecular weight is 639 g/mol. The van der Waals surface area contributed by atoms with Crippen molar-refractivity contribution in [2.24, 2.45) is 0 Å². The standard InChI is InChI=1S/C30H34Cl3N3O4S/c1-5-21(3)34-30(38)28(16-22-9-7-6-8-10-22)35(18-23-11-12-25(32)17-26(23)33)29(37)19-36(41(4,39)40)27-14-13-24(31)15-20(27)2/h6-15,17,21,28H,5,16,18-19H2,1-4H3,(H,34,38)/t21-,28+/m1/s1. The molecule has 2 amide bonds. The molecule has 0 heterocycles. The van der Waals surface area contributed by atoms with E-state index in [1.54, 1.807) is 43.3 Å². The number of nitrogens with zero attached hydrogens (tertiary/aromatic N) is 2. The van der Waals surface area contributed by atoms with E-state index < -0.39 is 28.5 Å². The van der Waals surface area contributed by atoms with Crippen LogP contribution in [0.2, 0.25) is 15.1 Å². The fourth-order valence-corrected chi connectivity index (χ4v) is 5.92. The Hall–Kier alpha value is -2.78. The molecule has 0 spiro atoms. The number of rotatable bonds is 12. The van der Waals surface area contributed by atoms with Gasteiger partial charge in [0, 0.05) is 34.1 Å². The van der Waals surface area contributed by atoms with E-state index in [-0.39, 0.29) is 24.9 Å². The van der Waals surface area contributed by atoms with Gasteiger partial charge in [0.15, 0.2) is 0 Å². The van der Waals surface area contributed by atoms with Crippen LogP contribution in [0.1, 0.15) is 37.0 Å². The molecule has 0 bridgehead atoms. The molecule has 3 aromatic carbocycles. The topological polar surface area (TPSA) is 86.8 Å². The van der Waals surface area contributed by atoms with Crippen LogP contribution >= 0.6 is 34.8 Å². The zero-order valence-corrected chi connectivity index (χ0v) is 26.5. The van der Waals surface area contributed by atoms with Gasteiger partial charge in [-0.2, -0.15) is 0 Å². The molecule has 0 unspecified atom stereocenters. The quantitative estimate of drug-likeness (QED) is 0.253. The highest BCUT2D eigenvalue weighted by Gasteiger charge is 2.34. The highest BCUT2D eigenvalue weighted by molar-refractivity contribution is 7.92. The Labute approximate surface area is 257 Å². The Bertz CT molecular complexity index is 1490. The van der Waals surface area contributed by atoms with Gasteiger partial charge in [-0.15, -0.1) is 0 Å². The molecule has 0 aliphatic carbocycles. The Balaban J connectivity index is 2.11. The maximum atomic E-state index is 14.2. The number of aryl methyl sites for hydroxylation is 1. The number of hydrogen-bond acceptors (Lipinski definition) is 4. The Kier molecular flexibility index (Phi) is 11.5. The number of benzene rings is 3. The number of halogens is 3. The zero-order chi connectivity index (χ0) is 30.3. The van der Waals surface area contributed by atoms with E-state index in [0.717, 1.165) is 16.1 Å². The lowest BCUT2D eigenvalue weighted by Crippen LogP contribution is -2.54. The van der Waals surface area contributed by atoms with Crippen LogP contribution in [0.15, 0.2) is 66.7 Å². The fourth-order valence-electron chi connectivity index (χ4n) is 4.32. The first-order valence-electron chi connectivity index (χ1n) is 13.1. The number of carbonyl (C=O) groups is 2. The largest absolute Gasteiger partial charge is 0.352 e. The van der Waals surface area contributed by atoms with Crippen LogP contribution in [0, 0.1) is 6.92 Å². The van der Waals surface area contributed by atoms with Crippen molar-refractivity contribution >= 4 is 62.3 Å². The molecule has 7 nitrogen and oxygen atoms in total. The van der Waals surface area contributed by atoms with Gasteiger partial charge in [0.25, 0.3) is 0 Å². The third-order valence-corrected chi connectivity index (χ3v) is 8.68. The first kappa shape index (κ1) is 32.7. The van der Waals surface area contributed by atoms with Crippen molar-refractivity contribution < 1.29 is 18.0 Å². The fraction of sp³-hybridized carbons (Fsp3) is 0.333. The second-order valence-corrected chi connectivity index (χ2v) is 13.2.